The molecule has 2 heterocycles. The average Bonchev–Trinajstić information content (AvgIpc) is 3.39. The molecular formula is C30H37NO3. The smallest absolute Gasteiger partial charge is 0.290 e. The summed E-state index contributed by atoms with van der Waals surface area (Å²) in [6.45, 7) is 8.97. The second-order valence-electron chi connectivity index (χ2n) is 10.4. The minimum Gasteiger partial charge on any atom is -0.459 e. The monoisotopic (exact) mass is 459 g/mol. The molecule has 4 nitrogen and oxygen atoms in total. The highest BCUT2D eigenvalue weighted by atomic mass is 16.5. The molecule has 0 saturated carbocycles. The fourth-order valence-electron chi connectivity index (χ4n) is 5.27. The molecule has 1 fully saturated rings. The van der Waals surface area contributed by atoms with Crippen molar-refractivity contribution in [3.8, 4) is 0 Å². The van der Waals surface area contributed by atoms with Crippen molar-refractivity contribution >= 4 is 5.91 Å². The molecule has 1 amide bonds. The number of nitrogens with zero attached hydrogens (tertiary/aromatic N) is 1. The zero-order valence-electron chi connectivity index (χ0n) is 20.7. The van der Waals surface area contributed by atoms with Crippen LogP contribution in [0.25, 0.3) is 0 Å². The molecule has 3 unspecified atom stereocenters. The van der Waals surface area contributed by atoms with Crippen molar-refractivity contribution in [3.05, 3.63) is 95.9 Å². The highest BCUT2D eigenvalue weighted by molar-refractivity contribution is 5.91. The van der Waals surface area contributed by atoms with Crippen molar-refractivity contribution in [2.24, 2.45) is 17.3 Å². The summed E-state index contributed by atoms with van der Waals surface area (Å²) < 4.78 is 11.5. The van der Waals surface area contributed by atoms with Gasteiger partial charge in [0, 0.05) is 13.2 Å². The second kappa shape index (κ2) is 11.1. The van der Waals surface area contributed by atoms with Gasteiger partial charge in [-0.05, 0) is 66.7 Å². The Morgan fingerprint density at radius 3 is 2.38 bits per heavy atom. The van der Waals surface area contributed by atoms with Gasteiger partial charge in [0.25, 0.3) is 5.91 Å². The van der Waals surface area contributed by atoms with E-state index in [4.69, 9.17) is 9.15 Å². The van der Waals surface area contributed by atoms with Gasteiger partial charge >= 0.3 is 0 Å². The first-order valence-electron chi connectivity index (χ1n) is 12.4. The van der Waals surface area contributed by atoms with Gasteiger partial charge in [0.05, 0.1) is 18.9 Å². The van der Waals surface area contributed by atoms with E-state index in [1.165, 1.54) is 5.56 Å². The van der Waals surface area contributed by atoms with E-state index in [0.29, 0.717) is 24.1 Å². The topological polar surface area (TPSA) is 42.7 Å². The van der Waals surface area contributed by atoms with Gasteiger partial charge in [0.2, 0.25) is 0 Å². The van der Waals surface area contributed by atoms with Crippen LogP contribution in [0, 0.1) is 17.3 Å². The highest BCUT2D eigenvalue weighted by Gasteiger charge is 2.34. The van der Waals surface area contributed by atoms with E-state index in [2.05, 4.69) is 63.2 Å². The molecule has 1 aliphatic heterocycles. The summed E-state index contributed by atoms with van der Waals surface area (Å²) in [6.07, 6.45) is 4.62. The molecule has 1 aliphatic rings. The van der Waals surface area contributed by atoms with Gasteiger partial charge in [-0.15, -0.1) is 0 Å². The second-order valence-corrected chi connectivity index (χ2v) is 10.4. The Morgan fingerprint density at radius 1 is 1.03 bits per heavy atom. The van der Waals surface area contributed by atoms with E-state index in [-0.39, 0.29) is 17.4 Å². The maximum atomic E-state index is 13.5. The lowest BCUT2D eigenvalue weighted by Gasteiger charge is -2.40. The van der Waals surface area contributed by atoms with Crippen molar-refractivity contribution in [3.63, 3.8) is 0 Å². The van der Waals surface area contributed by atoms with Gasteiger partial charge in [-0.2, -0.15) is 0 Å². The number of carbonyl (C=O) groups excluding carboxylic acids is 1. The molecule has 0 aliphatic carbocycles. The van der Waals surface area contributed by atoms with Crippen LogP contribution in [0.2, 0.25) is 0 Å². The number of hydrogen-bond acceptors (Lipinski definition) is 3. The van der Waals surface area contributed by atoms with Crippen LogP contribution < -0.4 is 0 Å². The van der Waals surface area contributed by atoms with Gasteiger partial charge in [-0.3, -0.25) is 4.79 Å². The van der Waals surface area contributed by atoms with E-state index < -0.39 is 0 Å². The predicted octanol–water partition coefficient (Wildman–Crippen LogP) is 6.79. The van der Waals surface area contributed by atoms with Crippen LogP contribution in [0.1, 0.15) is 61.3 Å². The van der Waals surface area contributed by atoms with Gasteiger partial charge in [-0.25, -0.2) is 0 Å². The van der Waals surface area contributed by atoms with Crippen LogP contribution in [-0.4, -0.2) is 30.6 Å². The molecule has 1 saturated heterocycles. The summed E-state index contributed by atoms with van der Waals surface area (Å²) >= 11 is 0. The summed E-state index contributed by atoms with van der Waals surface area (Å²) in [6, 6.07) is 24.4. The molecule has 0 spiro atoms. The number of hydrogen-bond donors (Lipinski definition) is 0. The van der Waals surface area contributed by atoms with Crippen molar-refractivity contribution in [1.29, 1.82) is 0 Å². The minimum absolute atomic E-state index is 0.0461. The first kappa shape index (κ1) is 24.3. The Hall–Kier alpha value is -2.85. The number of carbonyl (C=O) groups is 1. The quantitative estimate of drug-likeness (QED) is 0.354. The molecule has 0 bridgehead atoms. The third-order valence-corrected chi connectivity index (χ3v) is 7.13. The zero-order chi connectivity index (χ0) is 24.0. The molecule has 3 atom stereocenters. The number of benzene rings is 2. The van der Waals surface area contributed by atoms with Gasteiger partial charge in [-0.1, -0.05) is 74.5 Å². The van der Waals surface area contributed by atoms with Crippen molar-refractivity contribution < 1.29 is 13.9 Å². The van der Waals surface area contributed by atoms with Gasteiger partial charge in [0.15, 0.2) is 5.76 Å². The summed E-state index contributed by atoms with van der Waals surface area (Å²) in [5, 5.41) is 0. The average molecular weight is 460 g/mol. The summed E-state index contributed by atoms with van der Waals surface area (Å²) in [7, 11) is 0. The van der Waals surface area contributed by atoms with Gasteiger partial charge < -0.3 is 14.1 Å². The normalized spacial score (nSPS) is 19.3. The van der Waals surface area contributed by atoms with E-state index >= 15 is 0 Å². The van der Waals surface area contributed by atoms with Crippen LogP contribution in [-0.2, 0) is 11.2 Å². The Bertz CT molecular complexity index is 1010. The first-order chi connectivity index (χ1) is 16.4. The third kappa shape index (κ3) is 6.18. The van der Waals surface area contributed by atoms with Crippen molar-refractivity contribution in [1.82, 2.24) is 4.90 Å². The van der Waals surface area contributed by atoms with E-state index in [1.807, 2.05) is 23.1 Å². The minimum atomic E-state index is -0.0555. The van der Waals surface area contributed by atoms with E-state index in [9.17, 15) is 4.79 Å². The molecule has 2 aromatic carbocycles. The molecule has 1 aromatic heterocycles. The maximum Gasteiger partial charge on any atom is 0.290 e. The van der Waals surface area contributed by atoms with Crippen LogP contribution in [0.5, 0.6) is 0 Å². The highest BCUT2D eigenvalue weighted by Crippen LogP contribution is 2.37. The molecule has 34 heavy (non-hydrogen) atoms. The van der Waals surface area contributed by atoms with Crippen LogP contribution in [0.4, 0.5) is 0 Å². The van der Waals surface area contributed by atoms with E-state index in [0.717, 1.165) is 38.0 Å². The van der Waals surface area contributed by atoms with Crippen LogP contribution in [0.15, 0.2) is 83.5 Å². The Labute approximate surface area is 203 Å². The third-order valence-electron chi connectivity index (χ3n) is 7.13. The van der Waals surface area contributed by atoms with Crippen molar-refractivity contribution in [2.75, 3.05) is 19.8 Å². The largest absolute Gasteiger partial charge is 0.459 e. The molecule has 3 aromatic rings. The standard InChI is InChI=1S/C30H37NO3/c1-23(25-13-8-5-9-14-25)31(29(32)28-15-10-18-34-28)17-16-26(19-24-11-6-4-7-12-24)27-20-30(2,3)22-33-21-27/h4-15,18,23,26-27H,16-17,19-22H2,1-3H3. The SMILES string of the molecule is CC(c1ccccc1)N(CCC(Cc1ccccc1)C1COCC(C)(C)C1)C(=O)c1ccco1. The van der Waals surface area contributed by atoms with Crippen LogP contribution >= 0.6 is 0 Å². The molecule has 4 heteroatoms. The predicted molar refractivity (Wildman–Crippen MR) is 136 cm³/mol. The van der Waals surface area contributed by atoms with Gasteiger partial charge in [0.1, 0.15) is 0 Å². The van der Waals surface area contributed by atoms with Crippen LogP contribution in [0.3, 0.4) is 0 Å². The lowest BCUT2D eigenvalue weighted by molar-refractivity contribution is -0.0446. The summed E-state index contributed by atoms with van der Waals surface area (Å²) in [5.74, 6) is 1.23. The van der Waals surface area contributed by atoms with E-state index in [1.54, 1.807) is 18.4 Å². The summed E-state index contributed by atoms with van der Waals surface area (Å²) in [5.41, 5.74) is 2.65. The Kier molecular flexibility index (Phi) is 7.89. The van der Waals surface area contributed by atoms with Crippen molar-refractivity contribution in [2.45, 2.75) is 46.1 Å². The lowest BCUT2D eigenvalue weighted by atomic mass is 9.73. The number of amides is 1. The molecule has 0 radical (unpaired) electrons. The molecule has 180 valence electrons. The maximum absolute atomic E-state index is 13.5. The fourth-order valence-corrected chi connectivity index (χ4v) is 5.27. The first-order valence-corrected chi connectivity index (χ1v) is 12.4. The Balaban J connectivity index is 1.56. The lowest BCUT2D eigenvalue weighted by Crippen LogP contribution is -2.39. The molecule has 4 rings (SSSR count). The number of ether oxygens (including phenoxy) is 1. The fraction of sp³-hybridized carbons (Fsp3) is 0.433. The number of furan rings is 1. The number of rotatable bonds is 9. The zero-order valence-corrected chi connectivity index (χ0v) is 20.7. The summed E-state index contributed by atoms with van der Waals surface area (Å²) in [4.78, 5) is 15.5. The Morgan fingerprint density at radius 2 is 1.74 bits per heavy atom. The molecule has 0 N–H and O–H groups in total. The molecular weight excluding hydrogens is 422 g/mol.